The van der Waals surface area contributed by atoms with Crippen molar-refractivity contribution < 1.29 is 9.47 Å². The van der Waals surface area contributed by atoms with Crippen LogP contribution in [0.15, 0.2) is 41.2 Å². The van der Waals surface area contributed by atoms with Gasteiger partial charge in [0.1, 0.15) is 17.2 Å². The van der Waals surface area contributed by atoms with Crippen molar-refractivity contribution in [1.29, 1.82) is 0 Å². The van der Waals surface area contributed by atoms with Gasteiger partial charge in [-0.3, -0.25) is 4.79 Å². The summed E-state index contributed by atoms with van der Waals surface area (Å²) in [6, 6.07) is 11.0. The third-order valence-electron chi connectivity index (χ3n) is 5.75. The highest BCUT2D eigenvalue weighted by Crippen LogP contribution is 2.31. The molecule has 0 amide bonds. The minimum Gasteiger partial charge on any atom is -0.497 e. The monoisotopic (exact) mass is 452 g/mol. The summed E-state index contributed by atoms with van der Waals surface area (Å²) in [5, 5.41) is 0.401. The molecule has 8 heteroatoms. The van der Waals surface area contributed by atoms with Crippen molar-refractivity contribution in [1.82, 2.24) is 19.9 Å². The van der Waals surface area contributed by atoms with Crippen LogP contribution in [-0.2, 0) is 0 Å². The summed E-state index contributed by atoms with van der Waals surface area (Å²) in [4.78, 5) is 29.4. The minimum absolute atomic E-state index is 0.0278. The van der Waals surface area contributed by atoms with Gasteiger partial charge in [-0.15, -0.1) is 0 Å². The van der Waals surface area contributed by atoms with Crippen molar-refractivity contribution in [2.45, 2.75) is 38.5 Å². The van der Waals surface area contributed by atoms with Gasteiger partial charge in [0.15, 0.2) is 5.15 Å². The molecule has 0 aliphatic heterocycles. The number of nitrogens with one attached hydrogen (secondary N) is 1. The molecule has 4 rings (SSSR count). The van der Waals surface area contributed by atoms with Crippen molar-refractivity contribution in [2.75, 3.05) is 14.2 Å². The molecule has 166 valence electrons. The number of rotatable bonds is 7. The predicted octanol–water partition coefficient (Wildman–Crippen LogP) is 5.22. The number of hydrogen-bond donors (Lipinski definition) is 1. The van der Waals surface area contributed by atoms with Crippen LogP contribution < -0.4 is 15.0 Å². The predicted molar refractivity (Wildman–Crippen MR) is 126 cm³/mol. The molecule has 0 aliphatic rings. The Morgan fingerprint density at radius 1 is 0.844 bits per heavy atom. The number of ether oxygens (including phenoxy) is 2. The van der Waals surface area contributed by atoms with Crippen LogP contribution in [0.5, 0.6) is 11.5 Å². The number of H-pyrrole nitrogens is 1. The molecule has 2 aromatic heterocycles. The van der Waals surface area contributed by atoms with Crippen LogP contribution in [0.1, 0.15) is 49.9 Å². The molecular weight excluding hydrogens is 428 g/mol. The summed E-state index contributed by atoms with van der Waals surface area (Å²) in [5.41, 5.74) is 3.95. The highest BCUT2D eigenvalue weighted by Gasteiger charge is 2.19. The van der Waals surface area contributed by atoms with Crippen molar-refractivity contribution in [3.8, 4) is 11.5 Å². The van der Waals surface area contributed by atoms with E-state index < -0.39 is 0 Å². The molecule has 0 saturated heterocycles. The number of nitrogens with zero attached hydrogens (tertiary/aromatic N) is 3. The quantitative estimate of drug-likeness (QED) is 0.413. The molecule has 2 aromatic carbocycles. The average Bonchev–Trinajstić information content (AvgIpc) is 2.80. The number of aromatic nitrogens is 4. The third-order valence-corrected chi connectivity index (χ3v) is 6.02. The number of halogens is 1. The fraction of sp³-hybridized carbons (Fsp3) is 0.333. The normalized spacial score (nSPS) is 13.3. The fourth-order valence-electron chi connectivity index (χ4n) is 3.78. The molecule has 0 fully saturated rings. The zero-order valence-electron chi connectivity index (χ0n) is 18.5. The van der Waals surface area contributed by atoms with E-state index in [1.807, 2.05) is 37.3 Å². The molecular formula is C24H25ClN4O3. The Balaban J connectivity index is 1.53. The van der Waals surface area contributed by atoms with E-state index in [2.05, 4.69) is 21.9 Å². The number of methoxy groups -OCH3 is 2. The van der Waals surface area contributed by atoms with Crippen LogP contribution in [0.3, 0.4) is 0 Å². The molecule has 0 saturated carbocycles. The first-order valence-electron chi connectivity index (χ1n) is 10.5. The maximum atomic E-state index is 12.6. The maximum absolute atomic E-state index is 12.6. The summed E-state index contributed by atoms with van der Waals surface area (Å²) < 4.78 is 10.5. The molecule has 0 bridgehead atoms. The molecule has 2 atom stereocenters. The summed E-state index contributed by atoms with van der Waals surface area (Å²) in [6.45, 7) is 4.08. The molecule has 0 radical (unpaired) electrons. The Labute approximate surface area is 190 Å². The van der Waals surface area contributed by atoms with Crippen molar-refractivity contribution in [3.63, 3.8) is 0 Å². The number of fused-ring (bicyclic) bond motifs is 2. The summed E-state index contributed by atoms with van der Waals surface area (Å²) in [6.07, 6.45) is 1.54. The molecule has 0 spiro atoms. The van der Waals surface area contributed by atoms with Gasteiger partial charge in [0.25, 0.3) is 5.56 Å². The van der Waals surface area contributed by atoms with Gasteiger partial charge in [-0.2, -0.15) is 0 Å². The summed E-state index contributed by atoms with van der Waals surface area (Å²) in [5.74, 6) is 1.44. The zero-order chi connectivity index (χ0) is 22.8. The summed E-state index contributed by atoms with van der Waals surface area (Å²) >= 11 is 6.44. The molecule has 4 aromatic rings. The maximum Gasteiger partial charge on any atom is 0.270 e. The van der Waals surface area contributed by atoms with E-state index in [9.17, 15) is 4.79 Å². The highest BCUT2D eigenvalue weighted by atomic mass is 35.5. The van der Waals surface area contributed by atoms with Crippen molar-refractivity contribution >= 4 is 33.7 Å². The Morgan fingerprint density at radius 2 is 1.44 bits per heavy atom. The van der Waals surface area contributed by atoms with Crippen LogP contribution in [0.4, 0.5) is 0 Å². The van der Waals surface area contributed by atoms with Gasteiger partial charge in [-0.25, -0.2) is 15.0 Å². The van der Waals surface area contributed by atoms with Crippen LogP contribution >= 0.6 is 11.6 Å². The van der Waals surface area contributed by atoms with E-state index in [1.165, 1.54) is 0 Å². The first kappa shape index (κ1) is 22.0. The fourth-order valence-corrected chi connectivity index (χ4v) is 4.10. The Morgan fingerprint density at radius 3 is 2.12 bits per heavy atom. The number of aromatic amines is 1. The second-order valence-electron chi connectivity index (χ2n) is 7.97. The smallest absolute Gasteiger partial charge is 0.270 e. The lowest BCUT2D eigenvalue weighted by Gasteiger charge is -2.16. The number of hydrogen-bond acceptors (Lipinski definition) is 6. The zero-order valence-corrected chi connectivity index (χ0v) is 19.2. The largest absolute Gasteiger partial charge is 0.497 e. The lowest BCUT2D eigenvalue weighted by atomic mass is 9.94. The lowest BCUT2D eigenvalue weighted by molar-refractivity contribution is 0.415. The van der Waals surface area contributed by atoms with E-state index in [-0.39, 0.29) is 17.4 Å². The van der Waals surface area contributed by atoms with E-state index in [4.69, 9.17) is 26.1 Å². The lowest BCUT2D eigenvalue weighted by Crippen LogP contribution is -2.18. The van der Waals surface area contributed by atoms with Gasteiger partial charge < -0.3 is 14.5 Å². The highest BCUT2D eigenvalue weighted by molar-refractivity contribution is 6.30. The SMILES string of the molecule is COc1ccc2nc(Cl)c(C(C)CCC(C)c3nc4ccc(OC)cc4[nH]c3=O)nc2c1. The standard InChI is InChI=1S/C24H25ClN4O3/c1-13(21-23(25)28-18-10-8-15(31-3)11-19(18)27-21)5-6-14(2)22-24(30)29-20-12-16(32-4)7-9-17(20)26-22/h7-14H,5-6H2,1-4H3,(H,29,30). The third kappa shape index (κ3) is 4.39. The van der Waals surface area contributed by atoms with E-state index >= 15 is 0 Å². The molecule has 2 heterocycles. The first-order valence-corrected chi connectivity index (χ1v) is 10.9. The van der Waals surface area contributed by atoms with Crippen molar-refractivity contribution in [3.05, 3.63) is 63.3 Å². The minimum atomic E-state index is -0.179. The van der Waals surface area contributed by atoms with Gasteiger partial charge >= 0.3 is 0 Å². The molecule has 7 nitrogen and oxygen atoms in total. The molecule has 0 aliphatic carbocycles. The van der Waals surface area contributed by atoms with Gasteiger partial charge in [0, 0.05) is 24.0 Å². The molecule has 32 heavy (non-hydrogen) atoms. The van der Waals surface area contributed by atoms with E-state index in [0.717, 1.165) is 40.8 Å². The average molecular weight is 453 g/mol. The van der Waals surface area contributed by atoms with E-state index in [1.54, 1.807) is 20.3 Å². The molecule has 1 N–H and O–H groups in total. The topological polar surface area (TPSA) is 90.0 Å². The van der Waals surface area contributed by atoms with Crippen molar-refractivity contribution in [2.24, 2.45) is 0 Å². The summed E-state index contributed by atoms with van der Waals surface area (Å²) in [7, 11) is 3.21. The Hall–Kier alpha value is -3.19. The van der Waals surface area contributed by atoms with Gasteiger partial charge in [-0.1, -0.05) is 25.4 Å². The Bertz CT molecular complexity index is 1340. The van der Waals surface area contributed by atoms with Crippen LogP contribution in [0.2, 0.25) is 5.15 Å². The second kappa shape index (κ2) is 9.12. The van der Waals surface area contributed by atoms with Gasteiger partial charge in [0.2, 0.25) is 0 Å². The van der Waals surface area contributed by atoms with Crippen LogP contribution in [0.25, 0.3) is 22.1 Å². The van der Waals surface area contributed by atoms with Gasteiger partial charge in [0.05, 0.1) is 42.0 Å². The van der Waals surface area contributed by atoms with Gasteiger partial charge in [-0.05, 0) is 37.1 Å². The second-order valence-corrected chi connectivity index (χ2v) is 8.33. The molecule has 2 unspecified atom stereocenters. The van der Waals surface area contributed by atoms with Crippen LogP contribution in [-0.4, -0.2) is 34.2 Å². The van der Waals surface area contributed by atoms with Crippen LogP contribution in [0, 0.1) is 0 Å². The Kier molecular flexibility index (Phi) is 6.28. The number of benzene rings is 2. The first-order chi connectivity index (χ1) is 15.4. The van der Waals surface area contributed by atoms with E-state index in [0.29, 0.717) is 22.1 Å².